The molecule has 0 aliphatic rings. The van der Waals surface area contributed by atoms with Crippen LogP contribution in [-0.4, -0.2) is 100 Å². The standard InChI is InChI=1S/C9H11NO2.C6H14ClN.C5H11NO2S.C4H7NO3/c10-8(9(11)12)6-7-4-2-1-3-5-7;1-3-8(4-2)6-5-7;1-9-3-2-4(6)5(7)8;1-3(6)5-2-4(7)8/h1-5,8H,6,10H2,(H,11,12);3-6H2,1-2H3;4H,2-3,6H2,1H3,(H,7,8);2H2,1H3,(H,5,6)(H,7,8). The number of hydrogen-bond donors (Lipinski definition) is 6. The van der Waals surface area contributed by atoms with Crippen LogP contribution in [-0.2, 0) is 25.6 Å². The van der Waals surface area contributed by atoms with Crippen LogP contribution in [0.15, 0.2) is 30.3 Å². The van der Waals surface area contributed by atoms with Crippen molar-refractivity contribution < 1.29 is 34.5 Å². The molecule has 11 nitrogen and oxygen atoms in total. The molecule has 0 aliphatic carbocycles. The molecule has 214 valence electrons. The third kappa shape index (κ3) is 29.7. The fraction of sp³-hybridized carbons (Fsp3) is 0.583. The second kappa shape index (κ2) is 26.7. The van der Waals surface area contributed by atoms with Crippen LogP contribution in [0.1, 0.15) is 32.8 Å². The maximum absolute atomic E-state index is 10.4. The van der Waals surface area contributed by atoms with E-state index >= 15 is 0 Å². The van der Waals surface area contributed by atoms with Crippen molar-refractivity contribution >= 4 is 47.2 Å². The number of aliphatic carboxylic acids is 3. The maximum Gasteiger partial charge on any atom is 0.322 e. The van der Waals surface area contributed by atoms with Crippen molar-refractivity contribution in [3.05, 3.63) is 35.9 Å². The van der Waals surface area contributed by atoms with Gasteiger partial charge in [-0.05, 0) is 43.5 Å². The molecular weight excluding hydrogens is 524 g/mol. The summed E-state index contributed by atoms with van der Waals surface area (Å²) in [4.78, 5) is 42.4. The summed E-state index contributed by atoms with van der Waals surface area (Å²) in [7, 11) is 0. The molecule has 2 atom stereocenters. The van der Waals surface area contributed by atoms with Gasteiger partial charge in [-0.2, -0.15) is 11.8 Å². The number of nitrogens with zero attached hydrogens (tertiary/aromatic N) is 1. The van der Waals surface area contributed by atoms with Crippen molar-refractivity contribution in [2.45, 2.75) is 45.7 Å². The van der Waals surface area contributed by atoms with Gasteiger partial charge >= 0.3 is 17.9 Å². The minimum absolute atomic E-state index is 0.296. The van der Waals surface area contributed by atoms with Gasteiger partial charge < -0.3 is 37.0 Å². The van der Waals surface area contributed by atoms with Gasteiger partial charge in [0.2, 0.25) is 5.91 Å². The molecular formula is C24H43ClN4O7S. The van der Waals surface area contributed by atoms with Gasteiger partial charge in [0.1, 0.15) is 18.6 Å². The van der Waals surface area contributed by atoms with E-state index in [1.54, 1.807) is 11.8 Å². The summed E-state index contributed by atoms with van der Waals surface area (Å²) < 4.78 is 0. The second-order valence-corrected chi connectivity index (χ2v) is 8.74. The van der Waals surface area contributed by atoms with Crippen LogP contribution in [0.5, 0.6) is 0 Å². The average molecular weight is 567 g/mol. The zero-order chi connectivity index (χ0) is 29.2. The highest BCUT2D eigenvalue weighted by Gasteiger charge is 2.11. The number of carboxylic acids is 3. The Morgan fingerprint density at radius 2 is 1.51 bits per heavy atom. The average Bonchev–Trinajstić information content (AvgIpc) is 2.86. The van der Waals surface area contributed by atoms with Gasteiger partial charge in [-0.25, -0.2) is 0 Å². The van der Waals surface area contributed by atoms with Crippen LogP contribution in [0.3, 0.4) is 0 Å². The summed E-state index contributed by atoms with van der Waals surface area (Å²) in [5.74, 6) is -1.66. The van der Waals surface area contributed by atoms with E-state index in [2.05, 4.69) is 24.1 Å². The third-order valence-electron chi connectivity index (χ3n) is 4.35. The van der Waals surface area contributed by atoms with Crippen molar-refractivity contribution in [3.8, 4) is 0 Å². The van der Waals surface area contributed by atoms with Gasteiger partial charge in [0, 0.05) is 19.3 Å². The van der Waals surface area contributed by atoms with Crippen molar-refractivity contribution in [1.29, 1.82) is 0 Å². The molecule has 1 aromatic rings. The van der Waals surface area contributed by atoms with Gasteiger partial charge in [0.05, 0.1) is 0 Å². The van der Waals surface area contributed by atoms with Crippen molar-refractivity contribution in [3.63, 3.8) is 0 Å². The first-order valence-corrected chi connectivity index (χ1v) is 13.5. The summed E-state index contributed by atoms with van der Waals surface area (Å²) in [6.45, 7) is 8.52. The molecule has 0 saturated carbocycles. The van der Waals surface area contributed by atoms with Crippen LogP contribution < -0.4 is 16.8 Å². The Morgan fingerprint density at radius 3 is 1.81 bits per heavy atom. The predicted octanol–water partition coefficient (Wildman–Crippen LogP) is 1.57. The largest absolute Gasteiger partial charge is 0.480 e. The Kier molecular flexibility index (Phi) is 28.2. The number of amides is 1. The SMILES string of the molecule is CC(=O)NCC(=O)O.CCN(CC)CCCl.CSCCC(N)C(=O)O.NC(Cc1ccccc1)C(=O)O. The minimum Gasteiger partial charge on any atom is -0.480 e. The lowest BCUT2D eigenvalue weighted by atomic mass is 10.1. The smallest absolute Gasteiger partial charge is 0.322 e. The molecule has 0 fully saturated rings. The number of halogens is 1. The Hall–Kier alpha value is -2.38. The number of alkyl halides is 1. The molecule has 13 heteroatoms. The number of nitrogens with one attached hydrogen (secondary N) is 1. The molecule has 37 heavy (non-hydrogen) atoms. The molecule has 0 radical (unpaired) electrons. The monoisotopic (exact) mass is 566 g/mol. The Bertz CT molecular complexity index is 727. The number of hydrogen-bond acceptors (Lipinski definition) is 8. The number of rotatable bonds is 13. The molecule has 0 aliphatic heterocycles. The molecule has 1 aromatic carbocycles. The van der Waals surface area contributed by atoms with E-state index in [9.17, 15) is 19.2 Å². The van der Waals surface area contributed by atoms with Crippen LogP contribution >= 0.6 is 23.4 Å². The molecule has 8 N–H and O–H groups in total. The topological polar surface area (TPSA) is 196 Å². The highest BCUT2D eigenvalue weighted by Crippen LogP contribution is 2.01. The Morgan fingerprint density at radius 1 is 1.00 bits per heavy atom. The molecule has 0 bridgehead atoms. The van der Waals surface area contributed by atoms with E-state index in [0.29, 0.717) is 12.8 Å². The first kappa shape index (κ1) is 39.1. The van der Waals surface area contributed by atoms with Crippen molar-refractivity contribution in [1.82, 2.24) is 10.2 Å². The molecule has 0 aromatic heterocycles. The summed E-state index contributed by atoms with van der Waals surface area (Å²) in [6, 6.07) is 7.86. The van der Waals surface area contributed by atoms with Crippen molar-refractivity contribution in [2.24, 2.45) is 11.5 Å². The van der Waals surface area contributed by atoms with Gasteiger partial charge in [-0.3, -0.25) is 19.2 Å². The van der Waals surface area contributed by atoms with Crippen LogP contribution in [0, 0.1) is 0 Å². The van der Waals surface area contributed by atoms with Gasteiger partial charge in [-0.15, -0.1) is 11.6 Å². The lowest BCUT2D eigenvalue weighted by Gasteiger charge is -2.14. The van der Waals surface area contributed by atoms with E-state index < -0.39 is 30.0 Å². The first-order chi connectivity index (χ1) is 17.4. The van der Waals surface area contributed by atoms with E-state index in [0.717, 1.165) is 36.8 Å². The number of thioether (sulfide) groups is 1. The summed E-state index contributed by atoms with van der Waals surface area (Å²) in [6.07, 6.45) is 2.86. The third-order valence-corrected chi connectivity index (χ3v) is 5.16. The normalized spacial score (nSPS) is 11.2. The van der Waals surface area contributed by atoms with E-state index in [-0.39, 0.29) is 12.5 Å². The van der Waals surface area contributed by atoms with Crippen LogP contribution in [0.2, 0.25) is 0 Å². The number of benzene rings is 1. The molecule has 0 saturated heterocycles. The zero-order valence-electron chi connectivity index (χ0n) is 22.1. The molecule has 1 rings (SSSR count). The molecule has 2 unspecified atom stereocenters. The summed E-state index contributed by atoms with van der Waals surface area (Å²) in [5, 5.41) is 26.8. The highest BCUT2D eigenvalue weighted by molar-refractivity contribution is 7.98. The lowest BCUT2D eigenvalue weighted by Crippen LogP contribution is -2.32. The van der Waals surface area contributed by atoms with Gasteiger partial charge in [-0.1, -0.05) is 44.2 Å². The van der Waals surface area contributed by atoms with E-state index in [1.165, 1.54) is 6.92 Å². The second-order valence-electron chi connectivity index (χ2n) is 7.38. The molecule has 1 amide bonds. The Balaban J connectivity index is -0.000000424. The zero-order valence-corrected chi connectivity index (χ0v) is 23.6. The van der Waals surface area contributed by atoms with Crippen LogP contribution in [0.25, 0.3) is 0 Å². The minimum atomic E-state index is -1.03. The quantitative estimate of drug-likeness (QED) is 0.189. The number of carbonyl (C=O) groups excluding carboxylic acids is 1. The number of nitrogens with two attached hydrogens (primary N) is 2. The number of carboxylic acid groups (broad SMARTS) is 3. The fourth-order valence-corrected chi connectivity index (χ4v) is 2.91. The Labute approximate surface area is 228 Å². The van der Waals surface area contributed by atoms with E-state index in [4.69, 9.17) is 38.4 Å². The van der Waals surface area contributed by atoms with Crippen molar-refractivity contribution in [2.75, 3.05) is 44.1 Å². The lowest BCUT2D eigenvalue weighted by molar-refractivity contribution is -0.139. The number of carbonyl (C=O) groups is 4. The molecule has 0 spiro atoms. The summed E-state index contributed by atoms with van der Waals surface area (Å²) >= 11 is 7.12. The van der Waals surface area contributed by atoms with Gasteiger partial charge in [0.25, 0.3) is 0 Å². The van der Waals surface area contributed by atoms with Crippen LogP contribution in [0.4, 0.5) is 0 Å². The predicted molar refractivity (Wildman–Crippen MR) is 149 cm³/mol. The van der Waals surface area contributed by atoms with Gasteiger partial charge in [0.15, 0.2) is 0 Å². The maximum atomic E-state index is 10.4. The fourth-order valence-electron chi connectivity index (χ4n) is 2.18. The first-order valence-electron chi connectivity index (χ1n) is 11.6. The van der Waals surface area contributed by atoms with E-state index in [1.807, 2.05) is 36.6 Å². The summed E-state index contributed by atoms with van der Waals surface area (Å²) in [5.41, 5.74) is 11.5. The molecule has 0 heterocycles. The highest BCUT2D eigenvalue weighted by atomic mass is 35.5.